The van der Waals surface area contributed by atoms with E-state index in [1.807, 2.05) is 12.1 Å². The van der Waals surface area contributed by atoms with Crippen molar-refractivity contribution in [3.63, 3.8) is 0 Å². The highest BCUT2D eigenvalue weighted by molar-refractivity contribution is 5.46. The molecule has 1 aromatic rings. The highest BCUT2D eigenvalue weighted by Gasteiger charge is 2.25. The van der Waals surface area contributed by atoms with E-state index in [9.17, 15) is 4.39 Å². The molecule has 92 valence electrons. The summed E-state index contributed by atoms with van der Waals surface area (Å²) in [7, 11) is 0. The first-order chi connectivity index (χ1) is 8.36. The van der Waals surface area contributed by atoms with Gasteiger partial charge in [0.25, 0.3) is 0 Å². The Morgan fingerprint density at radius 1 is 1.18 bits per heavy atom. The van der Waals surface area contributed by atoms with Crippen LogP contribution < -0.4 is 14.8 Å². The molecule has 2 aliphatic rings. The van der Waals surface area contributed by atoms with Crippen LogP contribution in [-0.4, -0.2) is 19.8 Å². The number of nitrogens with one attached hydrogen (secondary N) is 1. The van der Waals surface area contributed by atoms with Crippen molar-refractivity contribution in [2.45, 2.75) is 25.3 Å². The molecule has 1 N–H and O–H groups in total. The Morgan fingerprint density at radius 2 is 2.06 bits per heavy atom. The standard InChI is InChI=1S/C13H16FNO2/c14-12-9(10-3-1-6-15-10)4-5-11-13(12)17-8-2-7-16-11/h4-5,10,15H,1-3,6-8H2. The van der Waals surface area contributed by atoms with Crippen LogP contribution in [0.4, 0.5) is 4.39 Å². The fourth-order valence-corrected chi connectivity index (χ4v) is 2.44. The second-order valence-electron chi connectivity index (χ2n) is 4.50. The molecule has 3 rings (SSSR count). The van der Waals surface area contributed by atoms with Crippen molar-refractivity contribution in [1.29, 1.82) is 0 Å². The third-order valence-electron chi connectivity index (χ3n) is 3.32. The van der Waals surface area contributed by atoms with Gasteiger partial charge in [0.15, 0.2) is 17.3 Å². The first-order valence-corrected chi connectivity index (χ1v) is 6.17. The van der Waals surface area contributed by atoms with Crippen LogP contribution in [0, 0.1) is 5.82 Å². The van der Waals surface area contributed by atoms with Gasteiger partial charge in [-0.1, -0.05) is 6.07 Å². The molecule has 0 radical (unpaired) electrons. The van der Waals surface area contributed by atoms with Gasteiger partial charge in [0.1, 0.15) is 0 Å². The van der Waals surface area contributed by atoms with Gasteiger partial charge in [-0.2, -0.15) is 0 Å². The molecule has 0 spiro atoms. The third kappa shape index (κ3) is 1.97. The second-order valence-corrected chi connectivity index (χ2v) is 4.50. The molecule has 4 heteroatoms. The van der Waals surface area contributed by atoms with Crippen molar-refractivity contribution < 1.29 is 13.9 Å². The zero-order valence-corrected chi connectivity index (χ0v) is 9.67. The predicted molar refractivity (Wildman–Crippen MR) is 62.0 cm³/mol. The fraction of sp³-hybridized carbons (Fsp3) is 0.538. The molecule has 0 aromatic heterocycles. The molecule has 0 aliphatic carbocycles. The zero-order valence-electron chi connectivity index (χ0n) is 9.67. The average Bonchev–Trinajstić information content (AvgIpc) is 2.74. The zero-order chi connectivity index (χ0) is 11.7. The molecule has 2 aliphatic heterocycles. The molecule has 1 saturated heterocycles. The Hall–Kier alpha value is -1.29. The van der Waals surface area contributed by atoms with Gasteiger partial charge in [0.05, 0.1) is 13.2 Å². The Kier molecular flexibility index (Phi) is 2.89. The highest BCUT2D eigenvalue weighted by atomic mass is 19.1. The van der Waals surface area contributed by atoms with Crippen molar-refractivity contribution in [2.75, 3.05) is 19.8 Å². The summed E-state index contributed by atoms with van der Waals surface area (Å²) in [5, 5.41) is 3.30. The van der Waals surface area contributed by atoms with Crippen LogP contribution in [0.5, 0.6) is 11.5 Å². The molecule has 1 unspecified atom stereocenters. The number of halogens is 1. The highest BCUT2D eigenvalue weighted by Crippen LogP contribution is 2.37. The Balaban J connectivity index is 1.98. The molecular formula is C13H16FNO2. The number of hydrogen-bond donors (Lipinski definition) is 1. The Morgan fingerprint density at radius 3 is 2.88 bits per heavy atom. The quantitative estimate of drug-likeness (QED) is 0.813. The summed E-state index contributed by atoms with van der Waals surface area (Å²) >= 11 is 0. The third-order valence-corrected chi connectivity index (χ3v) is 3.32. The molecule has 0 saturated carbocycles. The van der Waals surface area contributed by atoms with E-state index in [-0.39, 0.29) is 17.6 Å². The minimum Gasteiger partial charge on any atom is -0.489 e. The van der Waals surface area contributed by atoms with Crippen molar-refractivity contribution in [1.82, 2.24) is 5.32 Å². The Bertz CT molecular complexity index is 416. The summed E-state index contributed by atoms with van der Waals surface area (Å²) < 4.78 is 25.3. The van der Waals surface area contributed by atoms with E-state index in [0.717, 1.165) is 25.8 Å². The molecule has 17 heavy (non-hydrogen) atoms. The number of rotatable bonds is 1. The van der Waals surface area contributed by atoms with Crippen molar-refractivity contribution in [2.24, 2.45) is 0 Å². The SMILES string of the molecule is Fc1c(C2CCCN2)ccc2c1OCCCO2. The number of hydrogen-bond acceptors (Lipinski definition) is 3. The molecular weight excluding hydrogens is 221 g/mol. The lowest BCUT2D eigenvalue weighted by Gasteiger charge is -2.15. The van der Waals surface area contributed by atoms with E-state index in [1.54, 1.807) is 0 Å². The van der Waals surface area contributed by atoms with Gasteiger partial charge in [0.2, 0.25) is 0 Å². The lowest BCUT2D eigenvalue weighted by Crippen LogP contribution is -2.14. The monoisotopic (exact) mass is 237 g/mol. The lowest BCUT2D eigenvalue weighted by molar-refractivity contribution is 0.291. The largest absolute Gasteiger partial charge is 0.489 e. The summed E-state index contributed by atoms with van der Waals surface area (Å²) in [5.74, 6) is 0.555. The van der Waals surface area contributed by atoms with Gasteiger partial charge in [-0.25, -0.2) is 4.39 Å². The number of fused-ring (bicyclic) bond motifs is 1. The molecule has 1 aromatic carbocycles. The maximum absolute atomic E-state index is 14.3. The average molecular weight is 237 g/mol. The fourth-order valence-electron chi connectivity index (χ4n) is 2.44. The van der Waals surface area contributed by atoms with E-state index in [4.69, 9.17) is 9.47 Å². The van der Waals surface area contributed by atoms with Crippen LogP contribution in [0.1, 0.15) is 30.9 Å². The van der Waals surface area contributed by atoms with Crippen LogP contribution in [0.25, 0.3) is 0 Å². The Labute approximate surface area is 99.9 Å². The topological polar surface area (TPSA) is 30.5 Å². The van der Waals surface area contributed by atoms with Gasteiger partial charge in [-0.15, -0.1) is 0 Å². The maximum atomic E-state index is 14.3. The van der Waals surface area contributed by atoms with E-state index < -0.39 is 0 Å². The van der Waals surface area contributed by atoms with Gasteiger partial charge in [0, 0.05) is 18.0 Å². The molecule has 0 amide bonds. The van der Waals surface area contributed by atoms with Gasteiger partial charge in [-0.05, 0) is 25.5 Å². The molecule has 1 fully saturated rings. The number of benzene rings is 1. The van der Waals surface area contributed by atoms with Crippen molar-refractivity contribution in [3.05, 3.63) is 23.5 Å². The van der Waals surface area contributed by atoms with Gasteiger partial charge in [-0.3, -0.25) is 0 Å². The van der Waals surface area contributed by atoms with Crippen LogP contribution in [-0.2, 0) is 0 Å². The normalized spacial score (nSPS) is 23.5. The second kappa shape index (κ2) is 4.53. The summed E-state index contributed by atoms with van der Waals surface area (Å²) in [6.07, 6.45) is 2.88. The maximum Gasteiger partial charge on any atom is 0.197 e. The first-order valence-electron chi connectivity index (χ1n) is 6.17. The summed E-state index contributed by atoms with van der Waals surface area (Å²) in [4.78, 5) is 0. The van der Waals surface area contributed by atoms with Gasteiger partial charge >= 0.3 is 0 Å². The van der Waals surface area contributed by atoms with E-state index >= 15 is 0 Å². The predicted octanol–water partition coefficient (Wildman–Crippen LogP) is 2.41. The van der Waals surface area contributed by atoms with E-state index in [1.165, 1.54) is 0 Å². The van der Waals surface area contributed by atoms with Crippen LogP contribution >= 0.6 is 0 Å². The molecule has 3 nitrogen and oxygen atoms in total. The summed E-state index contributed by atoms with van der Waals surface area (Å²) in [6, 6.07) is 3.75. The summed E-state index contributed by atoms with van der Waals surface area (Å²) in [5.41, 5.74) is 0.701. The van der Waals surface area contributed by atoms with Crippen LogP contribution in [0.3, 0.4) is 0 Å². The first kappa shape index (κ1) is 10.8. The summed E-state index contributed by atoms with van der Waals surface area (Å²) in [6.45, 7) is 2.07. The number of ether oxygens (including phenoxy) is 2. The molecule has 2 heterocycles. The smallest absolute Gasteiger partial charge is 0.197 e. The van der Waals surface area contributed by atoms with Crippen LogP contribution in [0.15, 0.2) is 12.1 Å². The van der Waals surface area contributed by atoms with Crippen LogP contribution in [0.2, 0.25) is 0 Å². The van der Waals surface area contributed by atoms with E-state index in [2.05, 4.69) is 5.32 Å². The van der Waals surface area contributed by atoms with E-state index in [0.29, 0.717) is 24.5 Å². The minimum absolute atomic E-state index is 0.118. The molecule has 0 bridgehead atoms. The lowest BCUT2D eigenvalue weighted by atomic mass is 10.0. The van der Waals surface area contributed by atoms with Crippen molar-refractivity contribution in [3.8, 4) is 11.5 Å². The van der Waals surface area contributed by atoms with Gasteiger partial charge < -0.3 is 14.8 Å². The molecule has 1 atom stereocenters. The van der Waals surface area contributed by atoms with Crippen molar-refractivity contribution >= 4 is 0 Å². The minimum atomic E-state index is -0.260.